The molecule has 1 aromatic heterocycles. The van der Waals surface area contributed by atoms with Crippen LogP contribution in [-0.2, 0) is 7.05 Å². The van der Waals surface area contributed by atoms with E-state index < -0.39 is 0 Å². The van der Waals surface area contributed by atoms with E-state index in [2.05, 4.69) is 0 Å². The van der Waals surface area contributed by atoms with Crippen molar-refractivity contribution >= 4 is 23.2 Å². The average molecular weight is 241 g/mol. The van der Waals surface area contributed by atoms with Crippen LogP contribution in [0.15, 0.2) is 42.1 Å². The lowest BCUT2D eigenvalue weighted by Gasteiger charge is -1.96. The molecular formula is C14H15N3O. The van der Waals surface area contributed by atoms with E-state index in [1.54, 1.807) is 23.8 Å². The first-order chi connectivity index (χ1) is 8.65. The zero-order valence-corrected chi connectivity index (χ0v) is 10.1. The summed E-state index contributed by atoms with van der Waals surface area (Å²) in [6.45, 7) is 0. The third-order valence-corrected chi connectivity index (χ3v) is 2.81. The molecule has 0 saturated carbocycles. The van der Waals surface area contributed by atoms with Crippen molar-refractivity contribution in [3.63, 3.8) is 0 Å². The molecule has 0 amide bonds. The smallest absolute Gasteiger partial charge is 0.199 e. The predicted molar refractivity (Wildman–Crippen MR) is 74.7 cm³/mol. The molecule has 92 valence electrons. The molecule has 1 aromatic carbocycles. The number of aryl methyl sites for hydroxylation is 1. The van der Waals surface area contributed by atoms with Crippen LogP contribution < -0.4 is 5.73 Å². The Bertz CT molecular complexity index is 650. The molecule has 0 aliphatic carbocycles. The third-order valence-electron chi connectivity index (χ3n) is 2.81. The minimum atomic E-state index is 0.183. The second-order valence-corrected chi connectivity index (χ2v) is 3.98. The van der Waals surface area contributed by atoms with Crippen LogP contribution in [0.1, 0.15) is 5.56 Å². The average Bonchev–Trinajstić information content (AvgIpc) is 2.62. The first-order valence-electron chi connectivity index (χ1n) is 5.56. The van der Waals surface area contributed by atoms with Crippen molar-refractivity contribution in [2.75, 3.05) is 0 Å². The number of aromatic nitrogens is 1. The fraction of sp³-hybridized carbons (Fsp3) is 0.0714. The molecule has 0 radical (unpaired) electrons. The molecule has 18 heavy (non-hydrogen) atoms. The van der Waals surface area contributed by atoms with E-state index >= 15 is 0 Å². The molecule has 0 fully saturated rings. The molecule has 4 nitrogen and oxygen atoms in total. The Morgan fingerprint density at radius 3 is 2.83 bits per heavy atom. The van der Waals surface area contributed by atoms with E-state index in [1.165, 1.54) is 6.08 Å². The van der Waals surface area contributed by atoms with Crippen LogP contribution >= 0.6 is 0 Å². The van der Waals surface area contributed by atoms with Gasteiger partial charge in [-0.3, -0.25) is 0 Å². The Hall–Kier alpha value is -2.49. The van der Waals surface area contributed by atoms with Gasteiger partial charge < -0.3 is 20.8 Å². The van der Waals surface area contributed by atoms with E-state index in [-0.39, 0.29) is 5.88 Å². The Balaban J connectivity index is 2.61. The van der Waals surface area contributed by atoms with Crippen LogP contribution in [0.2, 0.25) is 0 Å². The molecule has 2 aromatic rings. The van der Waals surface area contributed by atoms with Gasteiger partial charge in [-0.2, -0.15) is 0 Å². The number of para-hydroxylation sites is 1. The third kappa shape index (κ3) is 2.00. The molecule has 0 aliphatic heterocycles. The molecular weight excluding hydrogens is 226 g/mol. The lowest BCUT2D eigenvalue weighted by atomic mass is 10.1. The van der Waals surface area contributed by atoms with Crippen molar-refractivity contribution in [2.45, 2.75) is 0 Å². The highest BCUT2D eigenvalue weighted by atomic mass is 16.3. The highest BCUT2D eigenvalue weighted by molar-refractivity contribution is 5.93. The maximum atomic E-state index is 10.1. The highest BCUT2D eigenvalue weighted by Gasteiger charge is 2.11. The zero-order valence-electron chi connectivity index (χ0n) is 10.1. The topological polar surface area (TPSA) is 75.0 Å². The maximum Gasteiger partial charge on any atom is 0.199 e. The van der Waals surface area contributed by atoms with Crippen molar-refractivity contribution in [1.29, 1.82) is 5.41 Å². The summed E-state index contributed by atoms with van der Waals surface area (Å²) in [6.07, 6.45) is 6.02. The SMILES string of the molecule is Cn1c(O)c(C=C(N)C=CC=N)c2ccccc21. The first-order valence-corrected chi connectivity index (χ1v) is 5.56. The Labute approximate surface area is 105 Å². The standard InChI is InChI=1S/C14H15N3O/c1-17-13-7-3-2-6-11(13)12(14(17)18)9-10(16)5-4-8-15/h2-9,15,18H,16H2,1H3. The summed E-state index contributed by atoms with van der Waals surface area (Å²) >= 11 is 0. The number of hydrogen-bond acceptors (Lipinski definition) is 3. The zero-order chi connectivity index (χ0) is 13.1. The number of benzene rings is 1. The molecule has 0 spiro atoms. The van der Waals surface area contributed by atoms with Gasteiger partial charge in [-0.15, -0.1) is 0 Å². The number of nitrogens with one attached hydrogen (secondary N) is 1. The predicted octanol–water partition coefficient (Wildman–Crippen LogP) is 2.39. The van der Waals surface area contributed by atoms with E-state index in [0.29, 0.717) is 11.3 Å². The molecule has 2 rings (SSSR count). The van der Waals surface area contributed by atoms with Crippen molar-refractivity contribution in [2.24, 2.45) is 12.8 Å². The molecule has 0 bridgehead atoms. The van der Waals surface area contributed by atoms with Crippen LogP contribution in [0.25, 0.3) is 17.0 Å². The van der Waals surface area contributed by atoms with E-state index in [9.17, 15) is 5.11 Å². The van der Waals surface area contributed by atoms with Gasteiger partial charge >= 0.3 is 0 Å². The number of rotatable bonds is 3. The number of aromatic hydroxyl groups is 1. The Kier molecular flexibility index (Phi) is 3.19. The number of hydrogen-bond donors (Lipinski definition) is 3. The lowest BCUT2D eigenvalue weighted by Crippen LogP contribution is -1.92. The van der Waals surface area contributed by atoms with Gasteiger partial charge in [-0.05, 0) is 24.3 Å². The molecule has 1 heterocycles. The van der Waals surface area contributed by atoms with Crippen molar-refractivity contribution in [1.82, 2.24) is 4.57 Å². The number of fused-ring (bicyclic) bond motifs is 1. The summed E-state index contributed by atoms with van der Waals surface area (Å²) in [5.41, 5.74) is 7.95. The molecule has 4 N–H and O–H groups in total. The first kappa shape index (κ1) is 12.0. The van der Waals surface area contributed by atoms with Gasteiger partial charge in [0, 0.05) is 29.9 Å². The summed E-state index contributed by atoms with van der Waals surface area (Å²) in [6, 6.07) is 7.72. The quantitative estimate of drug-likeness (QED) is 0.570. The van der Waals surface area contributed by atoms with Crippen molar-refractivity contribution < 1.29 is 5.11 Å². The second-order valence-electron chi connectivity index (χ2n) is 3.98. The second kappa shape index (κ2) is 4.79. The van der Waals surface area contributed by atoms with Crippen LogP contribution in [0.5, 0.6) is 5.88 Å². The maximum absolute atomic E-state index is 10.1. The van der Waals surface area contributed by atoms with Crippen LogP contribution in [0.4, 0.5) is 0 Å². The van der Waals surface area contributed by atoms with Gasteiger partial charge in [0.05, 0.1) is 5.52 Å². The van der Waals surface area contributed by atoms with Crippen LogP contribution in [-0.4, -0.2) is 15.9 Å². The summed E-state index contributed by atoms with van der Waals surface area (Å²) in [5.74, 6) is 0.183. The summed E-state index contributed by atoms with van der Waals surface area (Å²) in [7, 11) is 1.80. The normalized spacial score (nSPS) is 12.4. The van der Waals surface area contributed by atoms with Crippen molar-refractivity contribution in [3.05, 3.63) is 47.7 Å². The minimum Gasteiger partial charge on any atom is -0.494 e. The van der Waals surface area contributed by atoms with Gasteiger partial charge in [0.1, 0.15) is 0 Å². The van der Waals surface area contributed by atoms with Gasteiger partial charge in [0.15, 0.2) is 5.88 Å². The number of allylic oxidation sites excluding steroid dienone is 2. The fourth-order valence-electron chi connectivity index (χ4n) is 1.93. The van der Waals surface area contributed by atoms with Gasteiger partial charge in [-0.1, -0.05) is 18.2 Å². The Morgan fingerprint density at radius 2 is 2.11 bits per heavy atom. The highest BCUT2D eigenvalue weighted by Crippen LogP contribution is 2.31. The number of nitrogens with two attached hydrogens (primary N) is 1. The molecule has 0 saturated heterocycles. The van der Waals surface area contributed by atoms with Crippen LogP contribution in [0.3, 0.4) is 0 Å². The Morgan fingerprint density at radius 1 is 1.39 bits per heavy atom. The summed E-state index contributed by atoms with van der Waals surface area (Å²) in [4.78, 5) is 0. The molecule has 0 unspecified atom stereocenters. The lowest BCUT2D eigenvalue weighted by molar-refractivity contribution is 0.434. The summed E-state index contributed by atoms with van der Waals surface area (Å²) in [5, 5.41) is 17.9. The molecule has 4 heteroatoms. The number of nitrogens with zero attached hydrogens (tertiary/aromatic N) is 1. The summed E-state index contributed by atoms with van der Waals surface area (Å²) < 4.78 is 1.72. The largest absolute Gasteiger partial charge is 0.494 e. The monoisotopic (exact) mass is 241 g/mol. The molecule has 0 aliphatic rings. The van der Waals surface area contributed by atoms with E-state index in [0.717, 1.165) is 17.1 Å². The molecule has 0 atom stereocenters. The van der Waals surface area contributed by atoms with Gasteiger partial charge in [0.25, 0.3) is 0 Å². The minimum absolute atomic E-state index is 0.183. The van der Waals surface area contributed by atoms with Gasteiger partial charge in [-0.25, -0.2) is 0 Å². The van der Waals surface area contributed by atoms with Crippen molar-refractivity contribution in [3.8, 4) is 5.88 Å². The fourth-order valence-corrected chi connectivity index (χ4v) is 1.93. The van der Waals surface area contributed by atoms with E-state index in [1.807, 2.05) is 24.3 Å². The van der Waals surface area contributed by atoms with E-state index in [4.69, 9.17) is 11.1 Å². The van der Waals surface area contributed by atoms with Gasteiger partial charge in [0.2, 0.25) is 0 Å². The van der Waals surface area contributed by atoms with Crippen LogP contribution in [0, 0.1) is 5.41 Å².